The first-order chi connectivity index (χ1) is 11.9. The van der Waals surface area contributed by atoms with Crippen molar-refractivity contribution in [2.24, 2.45) is 11.8 Å². The molecule has 2 saturated carbocycles. The summed E-state index contributed by atoms with van der Waals surface area (Å²) in [5.74, 6) is 0.697. The van der Waals surface area contributed by atoms with E-state index in [1.54, 1.807) is 0 Å². The molecule has 0 heterocycles. The van der Waals surface area contributed by atoms with E-state index in [1.807, 2.05) is 0 Å². The van der Waals surface area contributed by atoms with Crippen molar-refractivity contribution >= 4 is 7.82 Å². The monoisotopic (exact) mass is 374 g/mol. The van der Waals surface area contributed by atoms with Gasteiger partial charge in [-0.05, 0) is 50.4 Å². The molecule has 148 valence electrons. The Kier molecular flexibility index (Phi) is 7.59. The van der Waals surface area contributed by atoms with Gasteiger partial charge in [0, 0.05) is 0 Å². The highest BCUT2D eigenvalue weighted by Gasteiger charge is 2.50. The van der Waals surface area contributed by atoms with Crippen molar-refractivity contribution in [2.75, 3.05) is 0 Å². The lowest BCUT2D eigenvalue weighted by Gasteiger charge is -2.47. The summed E-state index contributed by atoms with van der Waals surface area (Å²) in [7, 11) is -4.09. The van der Waals surface area contributed by atoms with Gasteiger partial charge in [-0.2, -0.15) is 0 Å². The molecule has 0 spiro atoms. The normalized spacial score (nSPS) is 39.1. The third-order valence-electron chi connectivity index (χ3n) is 7.07. The zero-order valence-corrected chi connectivity index (χ0v) is 17.7. The van der Waals surface area contributed by atoms with E-state index < -0.39 is 19.0 Å². The summed E-state index contributed by atoms with van der Waals surface area (Å²) < 4.78 is 25.2. The van der Waals surface area contributed by atoms with E-state index in [9.17, 15) is 9.46 Å². The topological polar surface area (TPSA) is 55.8 Å². The van der Waals surface area contributed by atoms with E-state index in [1.165, 1.54) is 12.8 Å². The quantitative estimate of drug-likeness (QED) is 0.485. The lowest BCUT2D eigenvalue weighted by Crippen LogP contribution is -2.45. The molecule has 4 unspecified atom stereocenters. The molecule has 0 bridgehead atoms. The Morgan fingerprint density at radius 1 is 0.840 bits per heavy atom. The van der Waals surface area contributed by atoms with Crippen LogP contribution in [0.25, 0.3) is 0 Å². The van der Waals surface area contributed by atoms with Crippen LogP contribution in [0.3, 0.4) is 0 Å². The lowest BCUT2D eigenvalue weighted by atomic mass is 9.73. The fourth-order valence-corrected chi connectivity index (χ4v) is 7.19. The first kappa shape index (κ1) is 21.4. The van der Waals surface area contributed by atoms with Crippen molar-refractivity contribution in [1.82, 2.24) is 0 Å². The predicted octanol–water partition coefficient (Wildman–Crippen LogP) is 6.62. The maximum absolute atomic E-state index is 13.1. The first-order valence-electron chi connectivity index (χ1n) is 10.6. The number of phosphoric acid groups is 1. The number of rotatable bonds is 8. The summed E-state index contributed by atoms with van der Waals surface area (Å²) in [4.78, 5) is 10.7. The Morgan fingerprint density at radius 3 is 1.56 bits per heavy atom. The molecule has 2 aliphatic rings. The average molecular weight is 375 g/mol. The molecule has 0 amide bonds. The first-order valence-corrected chi connectivity index (χ1v) is 12.1. The van der Waals surface area contributed by atoms with Crippen molar-refractivity contribution in [2.45, 2.75) is 116 Å². The van der Waals surface area contributed by atoms with Crippen LogP contribution in [0, 0.1) is 11.8 Å². The van der Waals surface area contributed by atoms with Gasteiger partial charge < -0.3 is 4.89 Å². The molecule has 2 rings (SSSR count). The van der Waals surface area contributed by atoms with Gasteiger partial charge in [0.25, 0.3) is 0 Å². The molecule has 4 atom stereocenters. The van der Waals surface area contributed by atoms with Crippen LogP contribution in [0.15, 0.2) is 0 Å². The molecule has 4 nitrogen and oxygen atoms in total. The van der Waals surface area contributed by atoms with Gasteiger partial charge in [0.15, 0.2) is 0 Å². The highest BCUT2D eigenvalue weighted by molar-refractivity contribution is 7.47. The van der Waals surface area contributed by atoms with E-state index in [-0.39, 0.29) is 0 Å². The van der Waals surface area contributed by atoms with Crippen molar-refractivity contribution < 1.29 is 18.5 Å². The third kappa shape index (κ3) is 4.69. The van der Waals surface area contributed by atoms with E-state index in [0.717, 1.165) is 64.2 Å². The van der Waals surface area contributed by atoms with Crippen molar-refractivity contribution in [3.05, 3.63) is 0 Å². The Balaban J connectivity index is 2.20. The van der Waals surface area contributed by atoms with Crippen LogP contribution in [0.1, 0.15) is 105 Å². The molecule has 5 heteroatoms. The second kappa shape index (κ2) is 8.87. The smallest absolute Gasteiger partial charge is 0.302 e. The second-order valence-corrected chi connectivity index (χ2v) is 9.49. The standard InChI is InChI=1S/C20H39O4P/c1-5-17-13-9-11-15-19(17,7-3)23-25(21,22)24-20(8-4)16-12-10-14-18(20)6-2/h17-18H,5-16H2,1-4H3,(H,21,22). The van der Waals surface area contributed by atoms with Crippen LogP contribution in [0.2, 0.25) is 0 Å². The minimum Gasteiger partial charge on any atom is -0.302 e. The maximum Gasteiger partial charge on any atom is 0.473 e. The van der Waals surface area contributed by atoms with Gasteiger partial charge in [0.1, 0.15) is 0 Å². The average Bonchev–Trinajstić information content (AvgIpc) is 2.61. The third-order valence-corrected chi connectivity index (χ3v) is 8.26. The van der Waals surface area contributed by atoms with Crippen molar-refractivity contribution in [3.8, 4) is 0 Å². The highest BCUT2D eigenvalue weighted by Crippen LogP contribution is 2.59. The number of hydrogen-bond acceptors (Lipinski definition) is 3. The largest absolute Gasteiger partial charge is 0.473 e. The van der Waals surface area contributed by atoms with Gasteiger partial charge in [-0.25, -0.2) is 4.57 Å². The van der Waals surface area contributed by atoms with E-state index >= 15 is 0 Å². The SMILES string of the molecule is CCC1CCCCC1(CC)OP(=O)(O)OC1(CC)CCCCC1CC. The van der Waals surface area contributed by atoms with E-state index in [2.05, 4.69) is 27.7 Å². The fourth-order valence-electron chi connectivity index (χ4n) is 5.50. The second-order valence-electron chi connectivity index (χ2n) is 8.19. The Labute approximate surface area is 154 Å². The van der Waals surface area contributed by atoms with Crippen LogP contribution < -0.4 is 0 Å². The minimum absolute atomic E-state index is 0.348. The van der Waals surface area contributed by atoms with Gasteiger partial charge >= 0.3 is 7.82 Å². The molecule has 0 aliphatic heterocycles. The molecular formula is C20H39O4P. The lowest BCUT2D eigenvalue weighted by molar-refractivity contribution is -0.0961. The molecule has 0 radical (unpaired) electrons. The summed E-state index contributed by atoms with van der Waals surface area (Å²) in [6.07, 6.45) is 12.0. The number of phosphoric ester groups is 1. The Bertz CT molecular complexity index is 431. The van der Waals surface area contributed by atoms with Crippen LogP contribution in [-0.2, 0) is 13.6 Å². The summed E-state index contributed by atoms with van der Waals surface area (Å²) in [6.45, 7) is 8.49. The van der Waals surface area contributed by atoms with Gasteiger partial charge in [0.05, 0.1) is 11.2 Å². The van der Waals surface area contributed by atoms with Gasteiger partial charge in [-0.1, -0.05) is 66.2 Å². The summed E-state index contributed by atoms with van der Waals surface area (Å²) in [5.41, 5.74) is -0.995. The van der Waals surface area contributed by atoms with Crippen LogP contribution in [-0.4, -0.2) is 16.1 Å². The molecule has 0 aromatic carbocycles. The van der Waals surface area contributed by atoms with Crippen LogP contribution >= 0.6 is 7.82 Å². The molecule has 2 aliphatic carbocycles. The Hall–Kier alpha value is 0.110. The fraction of sp³-hybridized carbons (Fsp3) is 1.00. The predicted molar refractivity (Wildman–Crippen MR) is 103 cm³/mol. The molecule has 0 saturated heterocycles. The molecule has 1 N–H and O–H groups in total. The molecule has 25 heavy (non-hydrogen) atoms. The summed E-state index contributed by atoms with van der Waals surface area (Å²) >= 11 is 0. The van der Waals surface area contributed by atoms with Gasteiger partial charge in [-0.3, -0.25) is 9.05 Å². The van der Waals surface area contributed by atoms with Crippen LogP contribution in [0.5, 0.6) is 0 Å². The summed E-state index contributed by atoms with van der Waals surface area (Å²) in [5, 5.41) is 0. The maximum atomic E-state index is 13.1. The number of hydrogen-bond donors (Lipinski definition) is 1. The van der Waals surface area contributed by atoms with Crippen molar-refractivity contribution in [1.29, 1.82) is 0 Å². The Morgan fingerprint density at radius 2 is 1.24 bits per heavy atom. The molecule has 0 aromatic rings. The zero-order valence-electron chi connectivity index (χ0n) is 16.8. The van der Waals surface area contributed by atoms with E-state index in [4.69, 9.17) is 9.05 Å². The highest BCUT2D eigenvalue weighted by atomic mass is 31.2. The molecular weight excluding hydrogens is 335 g/mol. The van der Waals surface area contributed by atoms with Crippen molar-refractivity contribution in [3.63, 3.8) is 0 Å². The molecule has 0 aromatic heterocycles. The van der Waals surface area contributed by atoms with Crippen LogP contribution in [0.4, 0.5) is 0 Å². The summed E-state index contributed by atoms with van der Waals surface area (Å²) in [6, 6.07) is 0. The zero-order chi connectivity index (χ0) is 18.6. The molecule has 2 fully saturated rings. The van der Waals surface area contributed by atoms with Gasteiger partial charge in [0.2, 0.25) is 0 Å². The van der Waals surface area contributed by atoms with E-state index in [0.29, 0.717) is 11.8 Å². The minimum atomic E-state index is -4.09. The van der Waals surface area contributed by atoms with Gasteiger partial charge in [-0.15, -0.1) is 0 Å².